The first-order chi connectivity index (χ1) is 11.2. The molecule has 0 heterocycles. The van der Waals surface area contributed by atoms with Crippen LogP contribution in [0.25, 0.3) is 0 Å². The van der Waals surface area contributed by atoms with E-state index in [4.69, 9.17) is 0 Å². The lowest BCUT2D eigenvalue weighted by Crippen LogP contribution is -2.45. The van der Waals surface area contributed by atoms with E-state index in [1.165, 1.54) is 4.31 Å². The summed E-state index contributed by atoms with van der Waals surface area (Å²) in [7, 11) is -3.62. The Kier molecular flexibility index (Phi) is 5.29. The molecule has 1 amide bonds. The summed E-state index contributed by atoms with van der Waals surface area (Å²) in [6.45, 7) is 5.30. The standard InChI is InChI=1S/C18H22N2O3S/c1-13-10-11-14(2)17(12-13)20(24(4,22)23)15(3)18(21)19-16-8-6-5-7-9-16/h5-12,15H,1-4H3,(H,19,21)/t15-/m1/s1. The summed E-state index contributed by atoms with van der Waals surface area (Å²) in [6, 6.07) is 13.6. The summed E-state index contributed by atoms with van der Waals surface area (Å²) >= 11 is 0. The highest BCUT2D eigenvalue weighted by atomic mass is 32.2. The van der Waals surface area contributed by atoms with Crippen molar-refractivity contribution in [1.82, 2.24) is 0 Å². The van der Waals surface area contributed by atoms with E-state index in [1.807, 2.05) is 32.0 Å². The lowest BCUT2D eigenvalue weighted by Gasteiger charge is -2.29. The number of anilines is 2. The number of amides is 1. The molecule has 0 saturated carbocycles. The van der Waals surface area contributed by atoms with Gasteiger partial charge in [0, 0.05) is 5.69 Å². The molecule has 0 unspecified atom stereocenters. The molecule has 0 aliphatic rings. The second-order valence-corrected chi connectivity index (χ2v) is 7.74. The van der Waals surface area contributed by atoms with Crippen LogP contribution in [0.1, 0.15) is 18.1 Å². The first-order valence-corrected chi connectivity index (χ1v) is 9.47. The van der Waals surface area contributed by atoms with Gasteiger partial charge in [0.1, 0.15) is 6.04 Å². The molecule has 0 aliphatic heterocycles. The predicted molar refractivity (Wildman–Crippen MR) is 97.8 cm³/mol. The summed E-state index contributed by atoms with van der Waals surface area (Å²) in [5.74, 6) is -0.382. The minimum Gasteiger partial charge on any atom is -0.324 e. The van der Waals surface area contributed by atoms with Gasteiger partial charge in [-0.15, -0.1) is 0 Å². The zero-order chi connectivity index (χ0) is 17.9. The molecule has 1 N–H and O–H groups in total. The van der Waals surface area contributed by atoms with Crippen LogP contribution in [-0.2, 0) is 14.8 Å². The molecular weight excluding hydrogens is 324 g/mol. The number of carbonyl (C=O) groups is 1. The number of rotatable bonds is 5. The smallest absolute Gasteiger partial charge is 0.247 e. The number of hydrogen-bond acceptors (Lipinski definition) is 3. The predicted octanol–water partition coefficient (Wildman–Crippen LogP) is 3.10. The van der Waals surface area contributed by atoms with Gasteiger partial charge in [-0.1, -0.05) is 30.3 Å². The molecule has 2 aromatic rings. The second kappa shape index (κ2) is 7.05. The van der Waals surface area contributed by atoms with Gasteiger partial charge in [0.15, 0.2) is 0 Å². The van der Waals surface area contributed by atoms with E-state index in [0.717, 1.165) is 17.4 Å². The van der Waals surface area contributed by atoms with Gasteiger partial charge in [-0.25, -0.2) is 8.42 Å². The van der Waals surface area contributed by atoms with E-state index in [2.05, 4.69) is 5.32 Å². The van der Waals surface area contributed by atoms with Crippen molar-refractivity contribution >= 4 is 27.3 Å². The second-order valence-electron chi connectivity index (χ2n) is 5.88. The van der Waals surface area contributed by atoms with Crippen molar-refractivity contribution in [2.75, 3.05) is 15.9 Å². The number of sulfonamides is 1. The Bertz CT molecular complexity index is 833. The van der Waals surface area contributed by atoms with Crippen LogP contribution in [-0.4, -0.2) is 26.6 Å². The average molecular weight is 346 g/mol. The maximum Gasteiger partial charge on any atom is 0.247 e. The van der Waals surface area contributed by atoms with Crippen molar-refractivity contribution in [1.29, 1.82) is 0 Å². The molecule has 2 rings (SSSR count). The Morgan fingerprint density at radius 3 is 2.29 bits per heavy atom. The van der Waals surface area contributed by atoms with Crippen molar-refractivity contribution in [2.24, 2.45) is 0 Å². The molecule has 6 heteroatoms. The minimum atomic E-state index is -3.62. The molecule has 2 aromatic carbocycles. The third kappa shape index (κ3) is 4.14. The lowest BCUT2D eigenvalue weighted by atomic mass is 10.1. The Morgan fingerprint density at radius 1 is 1.08 bits per heavy atom. The van der Waals surface area contributed by atoms with Gasteiger partial charge in [0.2, 0.25) is 15.9 Å². The van der Waals surface area contributed by atoms with E-state index >= 15 is 0 Å². The highest BCUT2D eigenvalue weighted by molar-refractivity contribution is 7.92. The molecule has 5 nitrogen and oxygen atoms in total. The summed E-state index contributed by atoms with van der Waals surface area (Å²) in [5, 5.41) is 2.75. The number of benzene rings is 2. The first kappa shape index (κ1) is 18.0. The number of carbonyl (C=O) groups excluding carboxylic acids is 1. The molecule has 24 heavy (non-hydrogen) atoms. The Labute approximate surface area is 143 Å². The zero-order valence-electron chi connectivity index (χ0n) is 14.3. The van der Waals surface area contributed by atoms with E-state index in [1.54, 1.807) is 37.3 Å². The van der Waals surface area contributed by atoms with Crippen LogP contribution in [0.4, 0.5) is 11.4 Å². The summed E-state index contributed by atoms with van der Waals surface area (Å²) in [4.78, 5) is 12.6. The van der Waals surface area contributed by atoms with Crippen LogP contribution in [0.2, 0.25) is 0 Å². The monoisotopic (exact) mass is 346 g/mol. The van der Waals surface area contributed by atoms with Gasteiger partial charge in [-0.05, 0) is 50.1 Å². The van der Waals surface area contributed by atoms with Crippen LogP contribution >= 0.6 is 0 Å². The molecule has 1 atom stereocenters. The van der Waals surface area contributed by atoms with Gasteiger partial charge in [-0.2, -0.15) is 0 Å². The van der Waals surface area contributed by atoms with Crippen LogP contribution in [0.15, 0.2) is 48.5 Å². The topological polar surface area (TPSA) is 66.5 Å². The highest BCUT2D eigenvalue weighted by Crippen LogP contribution is 2.26. The van der Waals surface area contributed by atoms with E-state index < -0.39 is 16.1 Å². The number of para-hydroxylation sites is 1. The van der Waals surface area contributed by atoms with Gasteiger partial charge in [0.25, 0.3) is 0 Å². The van der Waals surface area contributed by atoms with Crippen molar-refractivity contribution in [3.05, 3.63) is 59.7 Å². The van der Waals surface area contributed by atoms with Gasteiger partial charge in [0.05, 0.1) is 11.9 Å². The third-order valence-corrected chi connectivity index (χ3v) is 4.96. The molecular formula is C18H22N2O3S. The van der Waals surface area contributed by atoms with Crippen LogP contribution in [0, 0.1) is 13.8 Å². The number of nitrogens with zero attached hydrogens (tertiary/aromatic N) is 1. The Balaban J connectivity index is 2.38. The molecule has 0 bridgehead atoms. The molecule has 0 radical (unpaired) electrons. The van der Waals surface area contributed by atoms with E-state index in [-0.39, 0.29) is 5.91 Å². The van der Waals surface area contributed by atoms with Gasteiger partial charge in [-0.3, -0.25) is 9.10 Å². The average Bonchev–Trinajstić information content (AvgIpc) is 2.50. The highest BCUT2D eigenvalue weighted by Gasteiger charge is 2.30. The fourth-order valence-corrected chi connectivity index (χ4v) is 3.73. The maximum atomic E-state index is 12.6. The van der Waals surface area contributed by atoms with E-state index in [0.29, 0.717) is 11.4 Å². The summed E-state index contributed by atoms with van der Waals surface area (Å²) in [6.07, 6.45) is 1.11. The minimum absolute atomic E-state index is 0.382. The van der Waals surface area contributed by atoms with Crippen LogP contribution in [0.3, 0.4) is 0 Å². The number of nitrogens with one attached hydrogen (secondary N) is 1. The van der Waals surface area contributed by atoms with Crippen molar-refractivity contribution in [2.45, 2.75) is 26.8 Å². The van der Waals surface area contributed by atoms with Crippen molar-refractivity contribution in [3.8, 4) is 0 Å². The zero-order valence-corrected chi connectivity index (χ0v) is 15.1. The van der Waals surface area contributed by atoms with Gasteiger partial charge < -0.3 is 5.32 Å². The molecule has 0 spiro atoms. The quantitative estimate of drug-likeness (QED) is 0.905. The molecule has 0 fully saturated rings. The Hall–Kier alpha value is -2.34. The fourth-order valence-electron chi connectivity index (χ4n) is 2.51. The molecule has 0 aromatic heterocycles. The first-order valence-electron chi connectivity index (χ1n) is 7.62. The molecule has 0 aliphatic carbocycles. The fraction of sp³-hybridized carbons (Fsp3) is 0.278. The van der Waals surface area contributed by atoms with Crippen molar-refractivity contribution < 1.29 is 13.2 Å². The molecule has 128 valence electrons. The van der Waals surface area contributed by atoms with Crippen molar-refractivity contribution in [3.63, 3.8) is 0 Å². The summed E-state index contributed by atoms with van der Waals surface area (Å²) in [5.41, 5.74) is 2.88. The largest absolute Gasteiger partial charge is 0.324 e. The number of hydrogen-bond donors (Lipinski definition) is 1. The van der Waals surface area contributed by atoms with E-state index in [9.17, 15) is 13.2 Å². The Morgan fingerprint density at radius 2 is 1.71 bits per heavy atom. The normalized spacial score (nSPS) is 12.5. The van der Waals surface area contributed by atoms with Gasteiger partial charge >= 0.3 is 0 Å². The lowest BCUT2D eigenvalue weighted by molar-refractivity contribution is -0.116. The molecule has 0 saturated heterocycles. The maximum absolute atomic E-state index is 12.6. The van der Waals surface area contributed by atoms with Crippen LogP contribution < -0.4 is 9.62 Å². The SMILES string of the molecule is Cc1ccc(C)c(N([C@H](C)C(=O)Nc2ccccc2)S(C)(=O)=O)c1. The number of aryl methyl sites for hydroxylation is 2. The third-order valence-electron chi connectivity index (χ3n) is 3.73. The summed E-state index contributed by atoms with van der Waals surface area (Å²) < 4.78 is 25.9. The van der Waals surface area contributed by atoms with Crippen LogP contribution in [0.5, 0.6) is 0 Å².